The molecule has 2 amide bonds. The number of pyridine rings is 1. The maximum Gasteiger partial charge on any atom is 0.224 e. The average molecular weight is 369 g/mol. The number of nitrogens with one attached hydrogen (secondary N) is 1. The first kappa shape index (κ1) is 19.0. The van der Waals surface area contributed by atoms with Crippen molar-refractivity contribution >= 4 is 11.8 Å². The summed E-state index contributed by atoms with van der Waals surface area (Å²) < 4.78 is 13.3. The van der Waals surface area contributed by atoms with Gasteiger partial charge in [0, 0.05) is 38.4 Å². The summed E-state index contributed by atoms with van der Waals surface area (Å²) >= 11 is 0. The lowest BCUT2D eigenvalue weighted by Crippen LogP contribution is -2.45. The number of carbonyl (C=O) groups is 2. The Hall–Kier alpha value is -2.76. The van der Waals surface area contributed by atoms with E-state index in [1.54, 1.807) is 29.4 Å². The zero-order chi connectivity index (χ0) is 19.1. The first-order valence-electron chi connectivity index (χ1n) is 9.30. The van der Waals surface area contributed by atoms with E-state index in [0.29, 0.717) is 32.5 Å². The maximum absolute atomic E-state index is 13.3. The van der Waals surface area contributed by atoms with Gasteiger partial charge in [0.1, 0.15) is 5.82 Å². The number of halogens is 1. The maximum atomic E-state index is 13.3. The molecule has 1 atom stereocenters. The first-order valence-corrected chi connectivity index (χ1v) is 9.30. The van der Waals surface area contributed by atoms with Crippen molar-refractivity contribution in [3.63, 3.8) is 0 Å². The van der Waals surface area contributed by atoms with Crippen LogP contribution >= 0.6 is 0 Å². The van der Waals surface area contributed by atoms with Crippen LogP contribution < -0.4 is 5.32 Å². The molecule has 142 valence electrons. The van der Waals surface area contributed by atoms with Crippen molar-refractivity contribution in [1.82, 2.24) is 15.2 Å². The first-order chi connectivity index (χ1) is 13.1. The van der Waals surface area contributed by atoms with E-state index >= 15 is 0 Å². The van der Waals surface area contributed by atoms with Crippen LogP contribution in [0.4, 0.5) is 4.39 Å². The van der Waals surface area contributed by atoms with Gasteiger partial charge in [-0.25, -0.2) is 4.39 Å². The van der Waals surface area contributed by atoms with Crippen LogP contribution in [0.25, 0.3) is 0 Å². The molecule has 0 bridgehead atoms. The fraction of sp³-hybridized carbons (Fsp3) is 0.381. The van der Waals surface area contributed by atoms with Crippen molar-refractivity contribution in [3.05, 3.63) is 65.7 Å². The number of amides is 2. The SMILES string of the molecule is O=C(NCCCc1ccncc1)[C@H]1CCC(=O)N(Cc2cccc(F)c2)C1. The summed E-state index contributed by atoms with van der Waals surface area (Å²) in [7, 11) is 0. The Morgan fingerprint density at radius 1 is 1.22 bits per heavy atom. The van der Waals surface area contributed by atoms with Crippen LogP contribution in [0, 0.1) is 11.7 Å². The van der Waals surface area contributed by atoms with Gasteiger partial charge in [0.05, 0.1) is 5.92 Å². The van der Waals surface area contributed by atoms with Gasteiger partial charge in [-0.15, -0.1) is 0 Å². The summed E-state index contributed by atoms with van der Waals surface area (Å²) in [6.07, 6.45) is 6.19. The molecule has 3 rings (SSSR count). The Labute approximate surface area is 158 Å². The standard InChI is InChI=1S/C21H24FN3O2/c22-19-5-1-3-17(13-19)14-25-15-18(6-7-20(25)26)21(27)24-10-2-4-16-8-11-23-12-9-16/h1,3,5,8-9,11-13,18H,2,4,6-7,10,14-15H2,(H,24,27)/t18-/m0/s1. The third-order valence-electron chi connectivity index (χ3n) is 4.82. The monoisotopic (exact) mass is 369 g/mol. The number of nitrogens with zero attached hydrogens (tertiary/aromatic N) is 2. The minimum absolute atomic E-state index is 0.0125. The Kier molecular flexibility index (Phi) is 6.52. The van der Waals surface area contributed by atoms with E-state index in [2.05, 4.69) is 10.3 Å². The van der Waals surface area contributed by atoms with Crippen molar-refractivity contribution in [2.45, 2.75) is 32.2 Å². The predicted molar refractivity (Wildman–Crippen MR) is 100 cm³/mol. The summed E-state index contributed by atoms with van der Waals surface area (Å²) in [4.78, 5) is 30.3. The lowest BCUT2D eigenvalue weighted by atomic mass is 9.96. The second kappa shape index (κ2) is 9.26. The van der Waals surface area contributed by atoms with E-state index in [1.165, 1.54) is 17.7 Å². The Morgan fingerprint density at radius 2 is 2.04 bits per heavy atom. The molecule has 1 aliphatic rings. The molecule has 0 spiro atoms. The summed E-state index contributed by atoms with van der Waals surface area (Å²) in [5, 5.41) is 2.98. The van der Waals surface area contributed by atoms with Crippen LogP contribution in [-0.4, -0.2) is 34.8 Å². The van der Waals surface area contributed by atoms with E-state index in [0.717, 1.165) is 18.4 Å². The lowest BCUT2D eigenvalue weighted by molar-refractivity contribution is -0.138. The third kappa shape index (κ3) is 5.61. The van der Waals surface area contributed by atoms with Crippen LogP contribution in [0.2, 0.25) is 0 Å². The van der Waals surface area contributed by atoms with Gasteiger partial charge in [0.15, 0.2) is 0 Å². The molecule has 1 aliphatic heterocycles. The number of rotatable bonds is 7. The molecule has 2 aromatic rings. The second-order valence-corrected chi connectivity index (χ2v) is 6.89. The van der Waals surface area contributed by atoms with E-state index in [-0.39, 0.29) is 23.5 Å². The topological polar surface area (TPSA) is 62.3 Å². The van der Waals surface area contributed by atoms with Crippen molar-refractivity contribution < 1.29 is 14.0 Å². The highest BCUT2D eigenvalue weighted by atomic mass is 19.1. The van der Waals surface area contributed by atoms with Gasteiger partial charge in [-0.3, -0.25) is 14.6 Å². The van der Waals surface area contributed by atoms with Gasteiger partial charge in [-0.2, -0.15) is 0 Å². The fourth-order valence-corrected chi connectivity index (χ4v) is 3.34. The summed E-state index contributed by atoms with van der Waals surface area (Å²) in [5.41, 5.74) is 1.94. The molecule has 0 aliphatic carbocycles. The van der Waals surface area contributed by atoms with Gasteiger partial charge in [-0.1, -0.05) is 12.1 Å². The molecular formula is C21H24FN3O2. The molecule has 1 aromatic heterocycles. The number of aryl methyl sites for hydroxylation is 1. The van der Waals surface area contributed by atoms with Gasteiger partial charge in [0.2, 0.25) is 11.8 Å². The van der Waals surface area contributed by atoms with Crippen molar-refractivity contribution in [2.75, 3.05) is 13.1 Å². The molecule has 27 heavy (non-hydrogen) atoms. The van der Waals surface area contributed by atoms with Gasteiger partial charge < -0.3 is 10.2 Å². The van der Waals surface area contributed by atoms with E-state index in [4.69, 9.17) is 0 Å². The summed E-state index contributed by atoms with van der Waals surface area (Å²) in [6.45, 7) is 1.32. The summed E-state index contributed by atoms with van der Waals surface area (Å²) in [5.74, 6) is -0.528. The van der Waals surface area contributed by atoms with E-state index in [1.807, 2.05) is 12.1 Å². The number of likely N-dealkylation sites (tertiary alicyclic amines) is 1. The Morgan fingerprint density at radius 3 is 2.81 bits per heavy atom. The van der Waals surface area contributed by atoms with E-state index in [9.17, 15) is 14.0 Å². The number of aromatic nitrogens is 1. The van der Waals surface area contributed by atoms with Crippen LogP contribution in [0.5, 0.6) is 0 Å². The fourth-order valence-electron chi connectivity index (χ4n) is 3.34. The number of carbonyl (C=O) groups excluding carboxylic acids is 2. The molecule has 2 heterocycles. The highest BCUT2D eigenvalue weighted by Gasteiger charge is 2.30. The normalized spacial score (nSPS) is 17.0. The number of hydrogen-bond donors (Lipinski definition) is 1. The molecule has 1 saturated heterocycles. The minimum atomic E-state index is -0.319. The lowest BCUT2D eigenvalue weighted by Gasteiger charge is -2.32. The highest BCUT2D eigenvalue weighted by molar-refractivity contribution is 5.83. The summed E-state index contributed by atoms with van der Waals surface area (Å²) in [6, 6.07) is 10.2. The second-order valence-electron chi connectivity index (χ2n) is 6.89. The zero-order valence-corrected chi connectivity index (χ0v) is 15.2. The van der Waals surface area contributed by atoms with Crippen molar-refractivity contribution in [1.29, 1.82) is 0 Å². The molecule has 0 radical (unpaired) electrons. The molecule has 1 aromatic carbocycles. The smallest absolute Gasteiger partial charge is 0.224 e. The zero-order valence-electron chi connectivity index (χ0n) is 15.2. The van der Waals surface area contributed by atoms with Gasteiger partial charge in [0.25, 0.3) is 0 Å². The highest BCUT2D eigenvalue weighted by Crippen LogP contribution is 2.20. The van der Waals surface area contributed by atoms with Crippen LogP contribution in [0.3, 0.4) is 0 Å². The van der Waals surface area contributed by atoms with Crippen LogP contribution in [-0.2, 0) is 22.6 Å². The average Bonchev–Trinajstić information content (AvgIpc) is 2.68. The Balaban J connectivity index is 1.46. The number of piperidine rings is 1. The molecule has 1 N–H and O–H groups in total. The molecule has 1 fully saturated rings. The quantitative estimate of drug-likeness (QED) is 0.764. The van der Waals surface area contributed by atoms with Crippen LogP contribution in [0.15, 0.2) is 48.8 Å². The van der Waals surface area contributed by atoms with Crippen molar-refractivity contribution in [2.24, 2.45) is 5.92 Å². The van der Waals surface area contributed by atoms with Gasteiger partial charge >= 0.3 is 0 Å². The minimum Gasteiger partial charge on any atom is -0.356 e. The molecule has 0 saturated carbocycles. The van der Waals surface area contributed by atoms with Crippen LogP contribution in [0.1, 0.15) is 30.4 Å². The molecule has 6 heteroatoms. The molecule has 0 unspecified atom stereocenters. The van der Waals surface area contributed by atoms with Crippen molar-refractivity contribution in [3.8, 4) is 0 Å². The predicted octanol–water partition coefficient (Wildman–Crippen LogP) is 2.71. The number of hydrogen-bond acceptors (Lipinski definition) is 3. The Bertz CT molecular complexity index is 782. The molecule has 5 nitrogen and oxygen atoms in total. The third-order valence-corrected chi connectivity index (χ3v) is 4.82. The molecular weight excluding hydrogens is 345 g/mol. The largest absolute Gasteiger partial charge is 0.356 e. The number of benzene rings is 1. The van der Waals surface area contributed by atoms with Gasteiger partial charge in [-0.05, 0) is 54.7 Å². The van der Waals surface area contributed by atoms with E-state index < -0.39 is 0 Å².